The van der Waals surface area contributed by atoms with E-state index in [9.17, 15) is 13.2 Å². The Balaban J connectivity index is 0.00000441. The first-order chi connectivity index (χ1) is 9.88. The lowest BCUT2D eigenvalue weighted by Gasteiger charge is -2.11. The van der Waals surface area contributed by atoms with Crippen molar-refractivity contribution >= 4 is 29.9 Å². The monoisotopic (exact) mass is 435 g/mol. The zero-order chi connectivity index (χ0) is 15.9. The molecule has 0 fully saturated rings. The maximum Gasteiger partial charge on any atom is 0.435 e. The van der Waals surface area contributed by atoms with Crippen molar-refractivity contribution in [1.82, 2.24) is 20.4 Å². The van der Waals surface area contributed by atoms with Crippen LogP contribution in [0.15, 0.2) is 11.2 Å². The zero-order valence-corrected chi connectivity index (χ0v) is 15.0. The van der Waals surface area contributed by atoms with Crippen LogP contribution in [-0.2, 0) is 24.5 Å². The molecule has 0 radical (unpaired) electrons. The van der Waals surface area contributed by atoms with Gasteiger partial charge >= 0.3 is 6.18 Å². The minimum atomic E-state index is -4.48. The van der Waals surface area contributed by atoms with Gasteiger partial charge in [-0.2, -0.15) is 18.3 Å². The van der Waals surface area contributed by atoms with Gasteiger partial charge in [0.05, 0.1) is 13.2 Å². The Morgan fingerprint density at radius 3 is 2.64 bits per heavy atom. The molecule has 1 aromatic heterocycles. The average molecular weight is 435 g/mol. The number of rotatable bonds is 6. The minimum absolute atomic E-state index is 0. The lowest BCUT2D eigenvalue weighted by Crippen LogP contribution is -2.38. The molecule has 0 amide bonds. The van der Waals surface area contributed by atoms with Crippen LogP contribution in [0.3, 0.4) is 0 Å². The minimum Gasteiger partial charge on any atom is -0.383 e. The van der Waals surface area contributed by atoms with Gasteiger partial charge in [-0.3, -0.25) is 4.68 Å². The summed E-state index contributed by atoms with van der Waals surface area (Å²) in [4.78, 5) is 4.13. The molecular weight excluding hydrogens is 414 g/mol. The lowest BCUT2D eigenvalue weighted by atomic mass is 10.2. The Kier molecular flexibility index (Phi) is 9.41. The van der Waals surface area contributed by atoms with E-state index in [2.05, 4.69) is 20.7 Å². The van der Waals surface area contributed by atoms with Crippen molar-refractivity contribution in [1.29, 1.82) is 0 Å². The third-order valence-corrected chi connectivity index (χ3v) is 2.52. The van der Waals surface area contributed by atoms with Crippen LogP contribution < -0.4 is 10.6 Å². The number of hydrogen-bond donors (Lipinski definition) is 2. The molecule has 10 heteroatoms. The molecule has 0 aromatic carbocycles. The van der Waals surface area contributed by atoms with Crippen molar-refractivity contribution in [3.8, 4) is 0 Å². The normalized spacial score (nSPS) is 12.0. The second-order valence-corrected chi connectivity index (χ2v) is 4.29. The summed E-state index contributed by atoms with van der Waals surface area (Å²) in [6.07, 6.45) is -3.15. The van der Waals surface area contributed by atoms with E-state index in [1.807, 2.05) is 6.92 Å². The van der Waals surface area contributed by atoms with E-state index in [1.165, 1.54) is 13.2 Å². The van der Waals surface area contributed by atoms with Gasteiger partial charge in [0, 0.05) is 39.0 Å². The van der Waals surface area contributed by atoms with Crippen LogP contribution >= 0.6 is 24.0 Å². The number of halogens is 4. The van der Waals surface area contributed by atoms with Crippen LogP contribution in [0.1, 0.15) is 18.2 Å². The smallest absolute Gasteiger partial charge is 0.383 e. The first-order valence-corrected chi connectivity index (χ1v) is 6.49. The summed E-state index contributed by atoms with van der Waals surface area (Å²) in [5.41, 5.74) is -0.865. The van der Waals surface area contributed by atoms with E-state index >= 15 is 0 Å². The molecule has 0 atom stereocenters. The van der Waals surface area contributed by atoms with Gasteiger partial charge in [-0.25, -0.2) is 4.99 Å². The van der Waals surface area contributed by atoms with E-state index in [4.69, 9.17) is 4.74 Å². The van der Waals surface area contributed by atoms with Gasteiger partial charge < -0.3 is 15.4 Å². The van der Waals surface area contributed by atoms with E-state index in [-0.39, 0.29) is 36.1 Å². The van der Waals surface area contributed by atoms with Gasteiger partial charge in [0.2, 0.25) is 0 Å². The molecule has 22 heavy (non-hydrogen) atoms. The highest BCUT2D eigenvalue weighted by Gasteiger charge is 2.36. The molecule has 0 saturated heterocycles. The Bertz CT molecular complexity index is 476. The highest BCUT2D eigenvalue weighted by molar-refractivity contribution is 14.0. The van der Waals surface area contributed by atoms with Gasteiger partial charge in [-0.15, -0.1) is 24.0 Å². The Morgan fingerprint density at radius 2 is 2.09 bits per heavy atom. The van der Waals surface area contributed by atoms with Crippen LogP contribution in [0.25, 0.3) is 0 Å². The van der Waals surface area contributed by atoms with Crippen LogP contribution in [0, 0.1) is 0 Å². The number of aliphatic imine (C=N–C) groups is 1. The first-order valence-electron chi connectivity index (χ1n) is 6.49. The fourth-order valence-corrected chi connectivity index (χ4v) is 1.67. The number of guanidine groups is 1. The summed E-state index contributed by atoms with van der Waals surface area (Å²) in [5.74, 6) is 0.437. The second-order valence-electron chi connectivity index (χ2n) is 4.29. The third kappa shape index (κ3) is 6.81. The quantitative estimate of drug-likeness (QED) is 0.310. The molecule has 0 aliphatic rings. The van der Waals surface area contributed by atoms with Crippen LogP contribution in [0.2, 0.25) is 0 Å². The maximum absolute atomic E-state index is 12.8. The molecule has 0 unspecified atom stereocenters. The summed E-state index contributed by atoms with van der Waals surface area (Å²) in [7, 11) is 3.02. The lowest BCUT2D eigenvalue weighted by molar-refractivity contribution is -0.142. The maximum atomic E-state index is 12.8. The van der Waals surface area contributed by atoms with E-state index < -0.39 is 11.9 Å². The van der Waals surface area contributed by atoms with Crippen molar-refractivity contribution in [2.75, 3.05) is 26.8 Å². The highest BCUT2D eigenvalue weighted by Crippen LogP contribution is 2.30. The molecule has 0 aliphatic carbocycles. The summed E-state index contributed by atoms with van der Waals surface area (Å²) in [6, 6.07) is 0. The summed E-state index contributed by atoms with van der Waals surface area (Å²) >= 11 is 0. The molecule has 0 bridgehead atoms. The van der Waals surface area contributed by atoms with Crippen molar-refractivity contribution in [3.05, 3.63) is 17.5 Å². The molecule has 0 spiro atoms. The SMILES string of the molecule is CCNC(=NCc1cn(C)nc1C(F)(F)F)NCCOC.I. The molecule has 0 saturated carbocycles. The zero-order valence-electron chi connectivity index (χ0n) is 12.7. The predicted octanol–water partition coefficient (Wildman–Crippen LogP) is 1.76. The fraction of sp³-hybridized carbons (Fsp3) is 0.667. The number of nitrogens with one attached hydrogen (secondary N) is 2. The van der Waals surface area contributed by atoms with Crippen LogP contribution in [0.5, 0.6) is 0 Å². The second kappa shape index (κ2) is 9.87. The number of hydrogen-bond acceptors (Lipinski definition) is 3. The molecule has 1 aromatic rings. The average Bonchev–Trinajstić information content (AvgIpc) is 2.77. The van der Waals surface area contributed by atoms with E-state index in [0.717, 1.165) is 4.68 Å². The van der Waals surface area contributed by atoms with Gasteiger partial charge in [0.15, 0.2) is 11.7 Å². The van der Waals surface area contributed by atoms with Gasteiger partial charge in [-0.05, 0) is 6.92 Å². The molecular formula is C12H21F3IN5O. The van der Waals surface area contributed by atoms with Gasteiger partial charge in [0.25, 0.3) is 0 Å². The van der Waals surface area contributed by atoms with Gasteiger partial charge in [0.1, 0.15) is 0 Å². The van der Waals surface area contributed by atoms with Crippen molar-refractivity contribution in [3.63, 3.8) is 0 Å². The number of aryl methyl sites for hydroxylation is 1. The number of aromatic nitrogens is 2. The molecule has 128 valence electrons. The molecule has 1 heterocycles. The van der Waals surface area contributed by atoms with Gasteiger partial charge in [-0.1, -0.05) is 0 Å². The van der Waals surface area contributed by atoms with Crippen LogP contribution in [-0.4, -0.2) is 42.5 Å². The van der Waals surface area contributed by atoms with E-state index in [1.54, 1.807) is 7.11 Å². The number of methoxy groups -OCH3 is 1. The summed E-state index contributed by atoms with van der Waals surface area (Å²) < 4.78 is 44.5. The number of ether oxygens (including phenoxy) is 1. The molecule has 6 nitrogen and oxygen atoms in total. The van der Waals surface area contributed by atoms with E-state index in [0.29, 0.717) is 25.7 Å². The number of alkyl halides is 3. The first kappa shape index (κ1) is 21.0. The third-order valence-electron chi connectivity index (χ3n) is 2.52. The summed E-state index contributed by atoms with van der Waals surface area (Å²) in [6.45, 7) is 3.37. The fourth-order valence-electron chi connectivity index (χ4n) is 1.67. The Hall–Kier alpha value is -1.04. The van der Waals surface area contributed by atoms with Crippen molar-refractivity contribution < 1.29 is 17.9 Å². The molecule has 1 rings (SSSR count). The predicted molar refractivity (Wildman–Crippen MR) is 88.3 cm³/mol. The topological polar surface area (TPSA) is 63.5 Å². The number of nitrogens with zero attached hydrogens (tertiary/aromatic N) is 3. The largest absolute Gasteiger partial charge is 0.435 e. The molecule has 2 N–H and O–H groups in total. The van der Waals surface area contributed by atoms with Crippen LogP contribution in [0.4, 0.5) is 13.2 Å². The van der Waals surface area contributed by atoms with Crippen molar-refractivity contribution in [2.45, 2.75) is 19.6 Å². The Labute approximate surface area is 144 Å². The van der Waals surface area contributed by atoms with Crippen molar-refractivity contribution in [2.24, 2.45) is 12.0 Å². The molecule has 0 aliphatic heterocycles. The Morgan fingerprint density at radius 1 is 1.41 bits per heavy atom. The summed E-state index contributed by atoms with van der Waals surface area (Å²) in [5, 5.41) is 9.36. The standard InChI is InChI=1S/C12H20F3N5O.HI/c1-4-16-11(17-5-6-21-3)18-7-9-8-20(2)19-10(9)12(13,14)15;/h8H,4-7H2,1-3H3,(H2,16,17,18);1H. The highest BCUT2D eigenvalue weighted by atomic mass is 127.